The van der Waals surface area contributed by atoms with Gasteiger partial charge in [0.15, 0.2) is 0 Å². The van der Waals surface area contributed by atoms with Crippen molar-refractivity contribution in [1.82, 2.24) is 4.31 Å². The van der Waals surface area contributed by atoms with Crippen LogP contribution in [0.2, 0.25) is 0 Å². The van der Waals surface area contributed by atoms with Crippen LogP contribution in [0.4, 0.5) is 0 Å². The zero-order valence-corrected chi connectivity index (χ0v) is 13.2. The molecule has 0 amide bonds. The van der Waals surface area contributed by atoms with E-state index in [0.29, 0.717) is 0 Å². The van der Waals surface area contributed by atoms with E-state index in [1.54, 1.807) is 0 Å². The minimum Gasteiger partial charge on any atom is -0.495 e. The average Bonchev–Trinajstić information content (AvgIpc) is 2.50. The second-order valence-electron chi connectivity index (χ2n) is 4.33. The zero-order valence-electron chi connectivity index (χ0n) is 12.4. The highest BCUT2D eigenvalue weighted by atomic mass is 32.2. The first-order chi connectivity index (χ1) is 10.2. The van der Waals surface area contributed by atoms with Crippen molar-refractivity contribution in [3.05, 3.63) is 23.8 Å². The van der Waals surface area contributed by atoms with Crippen LogP contribution in [0.5, 0.6) is 5.75 Å². The highest BCUT2D eigenvalue weighted by Crippen LogP contribution is 2.27. The quantitative estimate of drug-likeness (QED) is 0.727. The van der Waals surface area contributed by atoms with Crippen LogP contribution in [0.3, 0.4) is 0 Å². The number of ether oxygens (including phenoxy) is 2. The molecule has 0 aromatic heterocycles. The molecular formula is C13H17NO7S. The number of benzene rings is 1. The predicted octanol–water partition coefficient (Wildman–Crippen LogP) is 0.577. The van der Waals surface area contributed by atoms with Crippen molar-refractivity contribution in [2.24, 2.45) is 0 Å². The lowest BCUT2D eigenvalue weighted by Gasteiger charge is -2.18. The van der Waals surface area contributed by atoms with Crippen LogP contribution in [-0.2, 0) is 19.6 Å². The van der Waals surface area contributed by atoms with Gasteiger partial charge in [0.1, 0.15) is 10.6 Å². The van der Waals surface area contributed by atoms with Gasteiger partial charge in [-0.2, -0.15) is 0 Å². The Bertz CT molecular complexity index is 669. The van der Waals surface area contributed by atoms with E-state index in [-0.39, 0.29) is 29.2 Å². The second-order valence-corrected chi connectivity index (χ2v) is 6.34. The molecule has 0 aliphatic rings. The number of carboxylic acid groups (broad SMARTS) is 1. The maximum Gasteiger partial charge on any atom is 0.337 e. The molecule has 0 fully saturated rings. The molecule has 0 heterocycles. The standard InChI is InChI=1S/C13H17NO7S/c1-14(7-6-12(15)16)22(18,19)11-5-4-9(13(17)21-3)8-10(11)20-2/h4-5,8H,6-7H2,1-3H3,(H,15,16). The Morgan fingerprint density at radius 1 is 1.27 bits per heavy atom. The smallest absolute Gasteiger partial charge is 0.337 e. The van der Waals surface area contributed by atoms with Gasteiger partial charge in [-0.25, -0.2) is 17.5 Å². The SMILES string of the molecule is COC(=O)c1ccc(S(=O)(=O)N(C)CCC(=O)O)c(OC)c1. The molecule has 1 rings (SSSR count). The molecule has 0 aliphatic heterocycles. The highest BCUT2D eigenvalue weighted by Gasteiger charge is 2.26. The number of esters is 1. The van der Waals surface area contributed by atoms with Gasteiger partial charge in [0.2, 0.25) is 10.0 Å². The molecule has 22 heavy (non-hydrogen) atoms. The van der Waals surface area contributed by atoms with Gasteiger partial charge in [-0.3, -0.25) is 4.79 Å². The van der Waals surface area contributed by atoms with Crippen LogP contribution < -0.4 is 4.74 Å². The van der Waals surface area contributed by atoms with E-state index in [1.807, 2.05) is 0 Å². The number of carbonyl (C=O) groups excluding carboxylic acids is 1. The van der Waals surface area contributed by atoms with Crippen molar-refractivity contribution in [3.63, 3.8) is 0 Å². The van der Waals surface area contributed by atoms with Gasteiger partial charge >= 0.3 is 11.9 Å². The van der Waals surface area contributed by atoms with E-state index in [0.717, 1.165) is 4.31 Å². The van der Waals surface area contributed by atoms with Gasteiger partial charge in [-0.15, -0.1) is 0 Å². The number of nitrogens with zero attached hydrogens (tertiary/aromatic N) is 1. The van der Waals surface area contributed by atoms with Crippen molar-refractivity contribution in [2.75, 3.05) is 27.8 Å². The van der Waals surface area contributed by atoms with E-state index in [2.05, 4.69) is 4.74 Å². The van der Waals surface area contributed by atoms with E-state index < -0.39 is 22.0 Å². The third-order valence-corrected chi connectivity index (χ3v) is 4.81. The summed E-state index contributed by atoms with van der Waals surface area (Å²) in [7, 11) is -0.186. The fourth-order valence-electron chi connectivity index (χ4n) is 1.67. The van der Waals surface area contributed by atoms with Gasteiger partial charge < -0.3 is 14.6 Å². The minimum atomic E-state index is -3.93. The number of aliphatic carboxylic acids is 1. The Kier molecular flexibility index (Phi) is 5.89. The summed E-state index contributed by atoms with van der Waals surface area (Å²) in [6.07, 6.45) is -0.321. The largest absolute Gasteiger partial charge is 0.495 e. The highest BCUT2D eigenvalue weighted by molar-refractivity contribution is 7.89. The number of sulfonamides is 1. The Morgan fingerprint density at radius 3 is 2.41 bits per heavy atom. The molecule has 0 saturated carbocycles. The van der Waals surface area contributed by atoms with Crippen LogP contribution in [0.1, 0.15) is 16.8 Å². The summed E-state index contributed by atoms with van der Waals surface area (Å²) in [6.45, 7) is -0.181. The number of methoxy groups -OCH3 is 2. The summed E-state index contributed by atoms with van der Waals surface area (Å²) in [6, 6.07) is 3.77. The fourth-order valence-corrected chi connectivity index (χ4v) is 2.97. The van der Waals surface area contributed by atoms with Gasteiger partial charge in [0.25, 0.3) is 0 Å². The Balaban J connectivity index is 3.18. The third-order valence-electron chi connectivity index (χ3n) is 2.91. The van der Waals surface area contributed by atoms with Crippen LogP contribution in [-0.4, -0.2) is 57.6 Å². The molecule has 122 valence electrons. The summed E-state index contributed by atoms with van der Waals surface area (Å²) in [5.74, 6) is -1.75. The first kappa shape index (κ1) is 17.9. The van der Waals surface area contributed by atoms with E-state index in [4.69, 9.17) is 9.84 Å². The third kappa shape index (κ3) is 3.95. The Morgan fingerprint density at radius 2 is 1.91 bits per heavy atom. The number of hydrogen-bond donors (Lipinski definition) is 1. The van der Waals surface area contributed by atoms with Crippen molar-refractivity contribution in [2.45, 2.75) is 11.3 Å². The lowest BCUT2D eigenvalue weighted by molar-refractivity contribution is -0.137. The molecule has 9 heteroatoms. The fraction of sp³-hybridized carbons (Fsp3) is 0.385. The summed E-state index contributed by atoms with van der Waals surface area (Å²) >= 11 is 0. The average molecular weight is 331 g/mol. The maximum absolute atomic E-state index is 12.4. The predicted molar refractivity (Wildman–Crippen MR) is 76.4 cm³/mol. The molecule has 0 unspecified atom stereocenters. The molecule has 0 radical (unpaired) electrons. The molecule has 1 N–H and O–H groups in total. The topological polar surface area (TPSA) is 110 Å². The first-order valence-corrected chi connectivity index (χ1v) is 7.62. The van der Waals surface area contributed by atoms with Crippen LogP contribution in [0.25, 0.3) is 0 Å². The molecular weight excluding hydrogens is 314 g/mol. The molecule has 8 nitrogen and oxygen atoms in total. The normalized spacial score (nSPS) is 11.3. The lowest BCUT2D eigenvalue weighted by atomic mass is 10.2. The number of rotatable bonds is 7. The Hall–Kier alpha value is -2.13. The first-order valence-electron chi connectivity index (χ1n) is 6.18. The minimum absolute atomic E-state index is 0.0231. The molecule has 0 spiro atoms. The Labute approximate surface area is 128 Å². The molecule has 1 aromatic rings. The van der Waals surface area contributed by atoms with Crippen LogP contribution >= 0.6 is 0 Å². The monoisotopic (exact) mass is 331 g/mol. The summed E-state index contributed by atoms with van der Waals surface area (Å²) in [4.78, 5) is 21.8. The molecule has 0 atom stereocenters. The summed E-state index contributed by atoms with van der Waals surface area (Å²) in [5.41, 5.74) is 0.145. The second kappa shape index (κ2) is 7.23. The van der Waals surface area contributed by atoms with Gasteiger partial charge in [-0.1, -0.05) is 0 Å². The van der Waals surface area contributed by atoms with Gasteiger partial charge in [-0.05, 0) is 18.2 Å². The number of hydrogen-bond acceptors (Lipinski definition) is 6. The van der Waals surface area contributed by atoms with Crippen molar-refractivity contribution in [3.8, 4) is 5.75 Å². The summed E-state index contributed by atoms with van der Waals surface area (Å²) < 4.78 is 35.3. The van der Waals surface area contributed by atoms with Crippen molar-refractivity contribution in [1.29, 1.82) is 0 Å². The zero-order chi connectivity index (χ0) is 16.9. The molecule has 0 bridgehead atoms. The van der Waals surface area contributed by atoms with Gasteiger partial charge in [0.05, 0.1) is 26.2 Å². The van der Waals surface area contributed by atoms with Crippen molar-refractivity contribution < 1.29 is 32.6 Å². The maximum atomic E-state index is 12.4. The molecule has 0 saturated heterocycles. The van der Waals surface area contributed by atoms with E-state index in [9.17, 15) is 18.0 Å². The van der Waals surface area contributed by atoms with Crippen LogP contribution in [0, 0.1) is 0 Å². The van der Waals surface area contributed by atoms with E-state index >= 15 is 0 Å². The molecule has 0 aliphatic carbocycles. The van der Waals surface area contributed by atoms with Crippen molar-refractivity contribution >= 4 is 22.0 Å². The number of carboxylic acids is 1. The van der Waals surface area contributed by atoms with E-state index in [1.165, 1.54) is 39.5 Å². The lowest BCUT2D eigenvalue weighted by Crippen LogP contribution is -2.29. The van der Waals surface area contributed by atoms with Gasteiger partial charge in [0, 0.05) is 13.6 Å². The molecule has 1 aromatic carbocycles. The van der Waals surface area contributed by atoms with Crippen LogP contribution in [0.15, 0.2) is 23.1 Å². The number of carbonyl (C=O) groups is 2. The summed E-state index contributed by atoms with van der Waals surface area (Å²) in [5, 5.41) is 8.63.